The van der Waals surface area contributed by atoms with Crippen molar-refractivity contribution in [2.45, 2.75) is 13.3 Å². The maximum Gasteiger partial charge on any atom is 0.293 e. The first kappa shape index (κ1) is 19.2. The average molecular weight is 392 g/mol. The SMILES string of the molecule is Cc1csc(CC(=O)NNC(=O)C[NH+]2CCN(c3ccc(F)cc3)CC2)n1. The van der Waals surface area contributed by atoms with Gasteiger partial charge in [-0.25, -0.2) is 9.37 Å². The van der Waals surface area contributed by atoms with Gasteiger partial charge in [0.1, 0.15) is 10.8 Å². The number of amides is 2. The number of hydrogen-bond acceptors (Lipinski definition) is 5. The van der Waals surface area contributed by atoms with Crippen LogP contribution in [0.1, 0.15) is 10.7 Å². The summed E-state index contributed by atoms with van der Waals surface area (Å²) < 4.78 is 13.0. The van der Waals surface area contributed by atoms with Crippen molar-refractivity contribution in [1.29, 1.82) is 0 Å². The van der Waals surface area contributed by atoms with Gasteiger partial charge in [0, 0.05) is 16.8 Å². The molecular formula is C18H23FN5O2S+. The van der Waals surface area contributed by atoms with Gasteiger partial charge in [0.25, 0.3) is 5.91 Å². The fourth-order valence-corrected chi connectivity index (χ4v) is 3.76. The summed E-state index contributed by atoms with van der Waals surface area (Å²) in [5.41, 5.74) is 6.78. The highest BCUT2D eigenvalue weighted by molar-refractivity contribution is 7.09. The number of quaternary nitrogens is 1. The van der Waals surface area contributed by atoms with Gasteiger partial charge in [-0.3, -0.25) is 20.4 Å². The summed E-state index contributed by atoms with van der Waals surface area (Å²) >= 11 is 1.43. The van der Waals surface area contributed by atoms with E-state index in [2.05, 4.69) is 20.7 Å². The Kier molecular flexibility index (Phi) is 6.36. The van der Waals surface area contributed by atoms with Crippen molar-refractivity contribution in [3.05, 3.63) is 46.2 Å². The summed E-state index contributed by atoms with van der Waals surface area (Å²) in [5.74, 6) is -0.746. The van der Waals surface area contributed by atoms with Crippen LogP contribution in [-0.2, 0) is 16.0 Å². The Morgan fingerprint density at radius 3 is 2.48 bits per heavy atom. The monoisotopic (exact) mass is 392 g/mol. The molecule has 1 aliphatic heterocycles. The van der Waals surface area contributed by atoms with E-state index in [9.17, 15) is 14.0 Å². The molecule has 1 fully saturated rings. The molecule has 0 bridgehead atoms. The second kappa shape index (κ2) is 8.92. The second-order valence-corrected chi connectivity index (χ2v) is 7.49. The standard InChI is InChI=1S/C18H22FN5O2S/c1-13-12-27-18(20-13)10-16(25)21-22-17(26)11-23-6-8-24(9-7-23)15-4-2-14(19)3-5-15/h2-5,12H,6-11H2,1H3,(H,21,25)(H,22,26)/p+1. The predicted octanol–water partition coefficient (Wildman–Crippen LogP) is -0.314. The smallest absolute Gasteiger partial charge is 0.293 e. The Morgan fingerprint density at radius 1 is 1.19 bits per heavy atom. The molecule has 0 spiro atoms. The highest BCUT2D eigenvalue weighted by Gasteiger charge is 2.22. The molecule has 0 atom stereocenters. The van der Waals surface area contributed by atoms with Crippen LogP contribution in [0.2, 0.25) is 0 Å². The van der Waals surface area contributed by atoms with Gasteiger partial charge in [-0.05, 0) is 31.2 Å². The zero-order valence-corrected chi connectivity index (χ0v) is 15.9. The van der Waals surface area contributed by atoms with E-state index in [0.717, 1.165) is 47.5 Å². The van der Waals surface area contributed by atoms with Gasteiger partial charge in [-0.2, -0.15) is 0 Å². The molecule has 2 heterocycles. The van der Waals surface area contributed by atoms with E-state index in [0.29, 0.717) is 6.54 Å². The van der Waals surface area contributed by atoms with Crippen molar-refractivity contribution in [3.8, 4) is 0 Å². The maximum atomic E-state index is 13.0. The molecule has 2 amide bonds. The number of hydrogen-bond donors (Lipinski definition) is 3. The van der Waals surface area contributed by atoms with Gasteiger partial charge >= 0.3 is 0 Å². The Balaban J connectivity index is 1.36. The number of rotatable bonds is 5. The fourth-order valence-electron chi connectivity index (χ4n) is 2.99. The van der Waals surface area contributed by atoms with Gasteiger partial charge in [0.05, 0.1) is 32.6 Å². The minimum Gasteiger partial charge on any atom is -0.360 e. The number of halogens is 1. The number of aryl methyl sites for hydroxylation is 1. The molecule has 144 valence electrons. The number of piperazine rings is 1. The number of thiazole rings is 1. The minimum atomic E-state index is -0.283. The third-order valence-electron chi connectivity index (χ3n) is 4.39. The van der Waals surface area contributed by atoms with Crippen molar-refractivity contribution >= 4 is 28.8 Å². The quantitative estimate of drug-likeness (QED) is 0.610. The zero-order chi connectivity index (χ0) is 19.2. The molecule has 1 aromatic heterocycles. The van der Waals surface area contributed by atoms with Crippen molar-refractivity contribution in [3.63, 3.8) is 0 Å². The number of carbonyl (C=O) groups is 2. The predicted molar refractivity (Wildman–Crippen MR) is 101 cm³/mol. The summed E-state index contributed by atoms with van der Waals surface area (Å²) in [7, 11) is 0. The van der Waals surface area contributed by atoms with Crippen LogP contribution in [0.25, 0.3) is 0 Å². The summed E-state index contributed by atoms with van der Waals surface area (Å²) in [4.78, 5) is 31.4. The Bertz CT molecular complexity index is 787. The maximum absolute atomic E-state index is 13.0. The van der Waals surface area contributed by atoms with Crippen LogP contribution in [-0.4, -0.2) is 49.5 Å². The number of hydrazine groups is 1. The van der Waals surface area contributed by atoms with Gasteiger partial charge in [0.2, 0.25) is 5.91 Å². The lowest BCUT2D eigenvalue weighted by Gasteiger charge is -2.33. The number of benzene rings is 1. The van der Waals surface area contributed by atoms with E-state index in [1.54, 1.807) is 12.1 Å². The number of anilines is 1. The Morgan fingerprint density at radius 2 is 1.85 bits per heavy atom. The number of nitrogens with zero attached hydrogens (tertiary/aromatic N) is 2. The summed E-state index contributed by atoms with van der Waals surface area (Å²) in [6.45, 7) is 5.37. The van der Waals surface area contributed by atoms with Crippen LogP contribution >= 0.6 is 11.3 Å². The fraction of sp³-hybridized carbons (Fsp3) is 0.389. The van der Waals surface area contributed by atoms with Crippen molar-refractivity contribution in [1.82, 2.24) is 15.8 Å². The topological polar surface area (TPSA) is 78.8 Å². The summed E-state index contributed by atoms with van der Waals surface area (Å²) in [6, 6.07) is 6.45. The third-order valence-corrected chi connectivity index (χ3v) is 5.36. The molecule has 0 saturated carbocycles. The van der Waals surface area contributed by atoms with Crippen LogP contribution in [0.15, 0.2) is 29.6 Å². The normalized spacial score (nSPS) is 14.8. The molecule has 0 unspecified atom stereocenters. The van der Waals surface area contributed by atoms with Gasteiger partial charge in [-0.1, -0.05) is 0 Å². The molecule has 3 rings (SSSR count). The molecule has 3 N–H and O–H groups in total. The lowest BCUT2D eigenvalue weighted by atomic mass is 10.2. The molecule has 27 heavy (non-hydrogen) atoms. The third kappa shape index (κ3) is 5.73. The number of carbonyl (C=O) groups excluding carboxylic acids is 2. The second-order valence-electron chi connectivity index (χ2n) is 6.55. The highest BCUT2D eigenvalue weighted by atomic mass is 32.1. The van der Waals surface area contributed by atoms with E-state index in [4.69, 9.17) is 0 Å². The van der Waals surface area contributed by atoms with E-state index in [1.807, 2.05) is 12.3 Å². The van der Waals surface area contributed by atoms with Crippen LogP contribution in [0, 0.1) is 12.7 Å². The molecule has 1 aliphatic rings. The first-order valence-electron chi connectivity index (χ1n) is 8.82. The van der Waals surface area contributed by atoms with Crippen LogP contribution in [0.5, 0.6) is 0 Å². The van der Waals surface area contributed by atoms with Crippen LogP contribution in [0.3, 0.4) is 0 Å². The van der Waals surface area contributed by atoms with E-state index in [1.165, 1.54) is 23.5 Å². The summed E-state index contributed by atoms with van der Waals surface area (Å²) in [5, 5.41) is 2.61. The zero-order valence-electron chi connectivity index (χ0n) is 15.1. The number of aromatic nitrogens is 1. The molecule has 0 radical (unpaired) electrons. The highest BCUT2D eigenvalue weighted by Crippen LogP contribution is 2.14. The van der Waals surface area contributed by atoms with Crippen molar-refractivity contribution in [2.75, 3.05) is 37.6 Å². The van der Waals surface area contributed by atoms with Gasteiger partial charge in [-0.15, -0.1) is 11.3 Å². The van der Waals surface area contributed by atoms with Crippen molar-refractivity contribution < 1.29 is 18.9 Å². The Labute approximate surface area is 161 Å². The summed E-state index contributed by atoms with van der Waals surface area (Å²) in [6.07, 6.45) is 0.155. The first-order valence-corrected chi connectivity index (χ1v) is 9.70. The van der Waals surface area contributed by atoms with Gasteiger partial charge in [0.15, 0.2) is 6.54 Å². The molecular weight excluding hydrogens is 369 g/mol. The van der Waals surface area contributed by atoms with Gasteiger partial charge < -0.3 is 9.80 Å². The Hall–Kier alpha value is -2.52. The molecule has 9 heteroatoms. The van der Waals surface area contributed by atoms with E-state index >= 15 is 0 Å². The minimum absolute atomic E-state index is 0.155. The lowest BCUT2D eigenvalue weighted by molar-refractivity contribution is -0.892. The molecule has 1 aromatic carbocycles. The molecule has 0 aliphatic carbocycles. The average Bonchev–Trinajstić information content (AvgIpc) is 3.06. The lowest BCUT2D eigenvalue weighted by Crippen LogP contribution is -3.16. The first-order chi connectivity index (χ1) is 13.0. The number of nitrogens with one attached hydrogen (secondary N) is 3. The van der Waals surface area contributed by atoms with E-state index < -0.39 is 0 Å². The molecule has 7 nitrogen and oxygen atoms in total. The van der Waals surface area contributed by atoms with E-state index in [-0.39, 0.29) is 24.1 Å². The molecule has 1 saturated heterocycles. The largest absolute Gasteiger partial charge is 0.360 e. The van der Waals surface area contributed by atoms with Crippen LogP contribution < -0.4 is 20.7 Å². The molecule has 2 aromatic rings. The van der Waals surface area contributed by atoms with Crippen molar-refractivity contribution in [2.24, 2.45) is 0 Å². The van der Waals surface area contributed by atoms with Crippen LogP contribution in [0.4, 0.5) is 10.1 Å².